The molecule has 12 heteroatoms. The van der Waals surface area contributed by atoms with Gasteiger partial charge in [-0.15, -0.1) is 0 Å². The van der Waals surface area contributed by atoms with Crippen molar-refractivity contribution in [2.75, 3.05) is 24.1 Å². The number of nitrogens with one attached hydrogen (secondary N) is 1. The van der Waals surface area contributed by atoms with Crippen LogP contribution in [0, 0.1) is 17.6 Å². The predicted octanol–water partition coefficient (Wildman–Crippen LogP) is 4.79. The number of aromatic nitrogens is 6. The molecule has 3 aromatic rings. The molecule has 0 spiro atoms. The van der Waals surface area contributed by atoms with E-state index < -0.39 is 11.6 Å². The van der Waals surface area contributed by atoms with E-state index in [1.54, 1.807) is 7.05 Å². The lowest BCUT2D eigenvalue weighted by molar-refractivity contribution is 0.0674. The maximum atomic E-state index is 14.5. The average Bonchev–Trinajstić information content (AvgIpc) is 3.66. The number of aryl methyl sites for hydroxylation is 1. The Morgan fingerprint density at radius 2 is 1.89 bits per heavy atom. The number of ether oxygens (including phenoxy) is 1. The van der Waals surface area contributed by atoms with Gasteiger partial charge < -0.3 is 20.7 Å². The van der Waals surface area contributed by atoms with E-state index in [2.05, 4.69) is 42.6 Å². The number of benzene rings is 1. The Hall–Kier alpha value is -3.41. The van der Waals surface area contributed by atoms with Gasteiger partial charge in [-0.2, -0.15) is 9.67 Å². The molecule has 2 atom stereocenters. The van der Waals surface area contributed by atoms with Crippen LogP contribution >= 0.6 is 0 Å². The second-order valence-electron chi connectivity index (χ2n) is 10.1. The van der Waals surface area contributed by atoms with Crippen molar-refractivity contribution >= 4 is 17.5 Å². The number of anilines is 3. The van der Waals surface area contributed by atoms with E-state index in [-0.39, 0.29) is 30.8 Å². The minimum absolute atomic E-state index is 0. The Morgan fingerprint density at radius 3 is 2.59 bits per heavy atom. The Labute approximate surface area is 216 Å². The smallest absolute Gasteiger partial charge is 0.340 e. The highest BCUT2D eigenvalue weighted by Crippen LogP contribution is 2.46. The zero-order valence-electron chi connectivity index (χ0n) is 21.2. The standard InChI is InChI=1S/C15H14F2N8O.C10H19N.H2/c1-25-15(22-23-24-25)26-12-5-11(9(16)4-8(12)7-2-3-7)20-14-19-6-10(17)13(18)21-14;1-9-5-4-8-11-7-3-2-6-10(9)11;/h4-7H,2-3H2,1H3,(H3,18,19,20,21);9-10H,2-8H2,1H3;1H/t;9-,10-;/m.1./s1. The molecule has 3 aliphatic rings. The largest absolute Gasteiger partial charge is 0.423 e. The summed E-state index contributed by atoms with van der Waals surface area (Å²) < 4.78 is 34.8. The number of nitrogens with two attached hydrogens (primary N) is 1. The van der Waals surface area contributed by atoms with Gasteiger partial charge in [-0.25, -0.2) is 13.8 Å². The number of fused-ring (bicyclic) bond motifs is 1. The highest BCUT2D eigenvalue weighted by atomic mass is 19.1. The fourth-order valence-corrected chi connectivity index (χ4v) is 5.18. The van der Waals surface area contributed by atoms with Crippen LogP contribution in [0.3, 0.4) is 0 Å². The number of piperidine rings is 2. The molecular formula is C25H35F2N9O. The van der Waals surface area contributed by atoms with E-state index in [1.807, 2.05) is 0 Å². The van der Waals surface area contributed by atoms with Crippen LogP contribution in [0.1, 0.15) is 64.8 Å². The Kier molecular flexibility index (Phi) is 7.45. The number of halogens is 2. The van der Waals surface area contributed by atoms with Gasteiger partial charge in [-0.3, -0.25) is 0 Å². The number of nitrogen functional groups attached to an aromatic ring is 1. The molecule has 2 aliphatic heterocycles. The first-order valence-electron chi connectivity index (χ1n) is 12.9. The third kappa shape index (κ3) is 5.95. The second-order valence-corrected chi connectivity index (χ2v) is 10.1. The summed E-state index contributed by atoms with van der Waals surface area (Å²) in [5.41, 5.74) is 6.20. The Bertz CT molecular complexity index is 1240. The van der Waals surface area contributed by atoms with Crippen LogP contribution in [-0.4, -0.2) is 54.2 Å². The predicted molar refractivity (Wildman–Crippen MR) is 137 cm³/mol. The number of rotatable bonds is 5. The van der Waals surface area contributed by atoms with Crippen LogP contribution < -0.4 is 15.8 Å². The molecule has 0 unspecified atom stereocenters. The lowest BCUT2D eigenvalue weighted by Gasteiger charge is -2.43. The van der Waals surface area contributed by atoms with E-state index in [1.165, 1.54) is 62.0 Å². The third-order valence-electron chi connectivity index (χ3n) is 7.34. The lowest BCUT2D eigenvalue weighted by Crippen LogP contribution is -2.46. The quantitative estimate of drug-likeness (QED) is 0.494. The Morgan fingerprint density at radius 1 is 1.08 bits per heavy atom. The van der Waals surface area contributed by atoms with Crippen molar-refractivity contribution < 1.29 is 14.9 Å². The topological polar surface area (TPSA) is 120 Å². The van der Waals surface area contributed by atoms with E-state index in [0.717, 1.165) is 36.6 Å². The van der Waals surface area contributed by atoms with Crippen LogP contribution in [0.25, 0.3) is 0 Å². The maximum Gasteiger partial charge on any atom is 0.340 e. The normalized spacial score (nSPS) is 21.5. The molecule has 1 saturated carbocycles. The molecule has 2 saturated heterocycles. The van der Waals surface area contributed by atoms with Gasteiger partial charge in [-0.1, -0.05) is 18.4 Å². The Balaban J connectivity index is 0.000000235. The zero-order valence-corrected chi connectivity index (χ0v) is 21.2. The maximum absolute atomic E-state index is 14.5. The van der Waals surface area contributed by atoms with Crippen molar-refractivity contribution in [2.24, 2.45) is 13.0 Å². The van der Waals surface area contributed by atoms with Crippen molar-refractivity contribution in [3.05, 3.63) is 35.5 Å². The average molecular weight is 516 g/mol. The summed E-state index contributed by atoms with van der Waals surface area (Å²) in [6.07, 6.45) is 10.1. The molecule has 1 aromatic carbocycles. The molecule has 6 rings (SSSR count). The molecule has 0 bridgehead atoms. The second kappa shape index (κ2) is 10.9. The van der Waals surface area contributed by atoms with Gasteiger partial charge in [0.05, 0.1) is 11.9 Å². The lowest BCUT2D eigenvalue weighted by atomic mass is 9.85. The van der Waals surface area contributed by atoms with Crippen molar-refractivity contribution in [3.63, 3.8) is 0 Å². The summed E-state index contributed by atoms with van der Waals surface area (Å²) in [5, 5.41) is 13.7. The SMILES string of the molecule is C[C@@H]1CCCN2CCCC[C@H]12.Cn1nnnc1Oc1cc(Nc2ncc(F)c(N)n2)c(F)cc1C1CC1.[HH]. The number of hydrogen-bond donors (Lipinski definition) is 2. The van der Waals surface area contributed by atoms with E-state index in [0.29, 0.717) is 5.75 Å². The minimum Gasteiger partial charge on any atom is -0.423 e. The first kappa shape index (κ1) is 25.2. The van der Waals surface area contributed by atoms with E-state index >= 15 is 0 Å². The fourth-order valence-electron chi connectivity index (χ4n) is 5.18. The summed E-state index contributed by atoms with van der Waals surface area (Å²) in [7, 11) is 1.63. The zero-order chi connectivity index (χ0) is 25.9. The number of tetrazole rings is 1. The van der Waals surface area contributed by atoms with Crippen molar-refractivity contribution in [3.8, 4) is 11.8 Å². The molecule has 1 aliphatic carbocycles. The van der Waals surface area contributed by atoms with Gasteiger partial charge >= 0.3 is 6.01 Å². The molecular weight excluding hydrogens is 480 g/mol. The summed E-state index contributed by atoms with van der Waals surface area (Å²) in [6, 6.07) is 4.00. The molecule has 4 heterocycles. The van der Waals surface area contributed by atoms with Gasteiger partial charge in [0.1, 0.15) is 11.6 Å². The molecule has 10 nitrogen and oxygen atoms in total. The van der Waals surface area contributed by atoms with Crippen LogP contribution in [0.2, 0.25) is 0 Å². The first-order valence-corrected chi connectivity index (χ1v) is 12.9. The monoisotopic (exact) mass is 515 g/mol. The van der Waals surface area contributed by atoms with Gasteiger partial charge in [-0.05, 0) is 79.9 Å². The van der Waals surface area contributed by atoms with E-state index in [9.17, 15) is 8.78 Å². The molecule has 3 fully saturated rings. The van der Waals surface area contributed by atoms with Gasteiger partial charge in [0.25, 0.3) is 0 Å². The van der Waals surface area contributed by atoms with Gasteiger partial charge in [0.15, 0.2) is 11.6 Å². The van der Waals surface area contributed by atoms with Crippen molar-refractivity contribution in [1.82, 2.24) is 35.1 Å². The summed E-state index contributed by atoms with van der Waals surface area (Å²) in [5.74, 6) is -0.00554. The van der Waals surface area contributed by atoms with Crippen LogP contribution in [0.5, 0.6) is 11.8 Å². The number of hydrogen-bond acceptors (Lipinski definition) is 9. The summed E-state index contributed by atoms with van der Waals surface area (Å²) >= 11 is 0. The molecule has 3 N–H and O–H groups in total. The minimum atomic E-state index is -0.751. The highest BCUT2D eigenvalue weighted by Gasteiger charge is 2.30. The highest BCUT2D eigenvalue weighted by molar-refractivity contribution is 5.61. The number of nitrogens with zero attached hydrogens (tertiary/aromatic N) is 7. The fraction of sp³-hybridized carbons (Fsp3) is 0.560. The molecule has 37 heavy (non-hydrogen) atoms. The molecule has 200 valence electrons. The van der Waals surface area contributed by atoms with E-state index in [4.69, 9.17) is 10.5 Å². The first-order chi connectivity index (χ1) is 17.9. The molecule has 0 radical (unpaired) electrons. The van der Waals surface area contributed by atoms with Crippen molar-refractivity contribution in [1.29, 1.82) is 0 Å². The van der Waals surface area contributed by atoms with Crippen LogP contribution in [0.4, 0.5) is 26.2 Å². The van der Waals surface area contributed by atoms with Crippen molar-refractivity contribution in [2.45, 2.75) is 63.8 Å². The van der Waals surface area contributed by atoms with Gasteiger partial charge in [0.2, 0.25) is 5.95 Å². The van der Waals surface area contributed by atoms with Crippen LogP contribution in [0.15, 0.2) is 18.3 Å². The molecule has 0 amide bonds. The summed E-state index contributed by atoms with van der Waals surface area (Å²) in [4.78, 5) is 10.2. The molecule has 2 aromatic heterocycles. The third-order valence-corrected chi connectivity index (χ3v) is 7.34. The van der Waals surface area contributed by atoms with Crippen LogP contribution in [-0.2, 0) is 7.05 Å². The van der Waals surface area contributed by atoms with Gasteiger partial charge in [0, 0.05) is 26.1 Å². The summed E-state index contributed by atoms with van der Waals surface area (Å²) in [6.45, 7) is 5.20.